The number of carbonyl (C=O) groups is 1. The highest BCUT2D eigenvalue weighted by molar-refractivity contribution is 5.79. The van der Waals surface area contributed by atoms with Gasteiger partial charge in [0.15, 0.2) is 0 Å². The van der Waals surface area contributed by atoms with Crippen LogP contribution in [0.3, 0.4) is 0 Å². The smallest absolute Gasteiger partial charge is 0.224 e. The van der Waals surface area contributed by atoms with E-state index < -0.39 is 0 Å². The Hall–Kier alpha value is -2.56. The summed E-state index contributed by atoms with van der Waals surface area (Å²) in [4.78, 5) is 19.1. The summed E-state index contributed by atoms with van der Waals surface area (Å²) in [6.07, 6.45) is 4.58. The Bertz CT molecular complexity index is 739. The number of hydrogen-bond acceptors (Lipinski definition) is 4. The van der Waals surface area contributed by atoms with E-state index >= 15 is 0 Å². The molecule has 1 aliphatic rings. The average molecular weight is 339 g/mol. The lowest BCUT2D eigenvalue weighted by molar-refractivity contribution is -0.120. The number of aryl methyl sites for hydroxylation is 1. The minimum absolute atomic E-state index is 0.0107. The Balaban J connectivity index is 1.59. The first-order chi connectivity index (χ1) is 12.2. The third-order valence-corrected chi connectivity index (χ3v) is 4.52. The van der Waals surface area contributed by atoms with Gasteiger partial charge in [-0.2, -0.15) is 0 Å². The summed E-state index contributed by atoms with van der Waals surface area (Å²) in [6, 6.07) is 9.91. The van der Waals surface area contributed by atoms with Crippen molar-refractivity contribution in [1.82, 2.24) is 10.3 Å². The van der Waals surface area contributed by atoms with Gasteiger partial charge in [0.1, 0.15) is 11.6 Å². The van der Waals surface area contributed by atoms with E-state index in [9.17, 15) is 4.79 Å². The summed E-state index contributed by atoms with van der Waals surface area (Å²) in [5.74, 6) is 1.74. The molecule has 3 rings (SSSR count). The SMILES string of the molecule is COc1ccc(C)cc1CC(=O)NCc1ccnc(N2CCCC2)c1. The van der Waals surface area contributed by atoms with Crippen LogP contribution in [0, 0.1) is 6.92 Å². The molecule has 132 valence electrons. The highest BCUT2D eigenvalue weighted by atomic mass is 16.5. The Morgan fingerprint density at radius 1 is 1.24 bits per heavy atom. The maximum absolute atomic E-state index is 12.3. The number of pyridine rings is 1. The number of anilines is 1. The van der Waals surface area contributed by atoms with Crippen LogP contribution in [0.2, 0.25) is 0 Å². The van der Waals surface area contributed by atoms with Gasteiger partial charge in [-0.1, -0.05) is 17.7 Å². The van der Waals surface area contributed by atoms with Gasteiger partial charge in [0.25, 0.3) is 0 Å². The minimum Gasteiger partial charge on any atom is -0.496 e. The zero-order valence-corrected chi connectivity index (χ0v) is 14.9. The van der Waals surface area contributed by atoms with Crippen LogP contribution in [0.4, 0.5) is 5.82 Å². The largest absolute Gasteiger partial charge is 0.496 e. The molecule has 0 aliphatic carbocycles. The summed E-state index contributed by atoms with van der Waals surface area (Å²) in [5, 5.41) is 3.00. The number of hydrogen-bond donors (Lipinski definition) is 1. The van der Waals surface area contributed by atoms with Gasteiger partial charge in [-0.05, 0) is 43.5 Å². The van der Waals surface area contributed by atoms with Crippen molar-refractivity contribution in [3.05, 3.63) is 53.2 Å². The first kappa shape index (κ1) is 17.3. The number of ether oxygens (including phenoxy) is 1. The molecular formula is C20H25N3O2. The first-order valence-corrected chi connectivity index (χ1v) is 8.76. The van der Waals surface area contributed by atoms with Gasteiger partial charge in [0.2, 0.25) is 5.91 Å². The van der Waals surface area contributed by atoms with Crippen molar-refractivity contribution in [2.75, 3.05) is 25.1 Å². The predicted molar refractivity (Wildman–Crippen MR) is 99.0 cm³/mol. The Labute approximate surface area is 149 Å². The average Bonchev–Trinajstić information content (AvgIpc) is 3.15. The van der Waals surface area contributed by atoms with Crippen LogP contribution in [-0.4, -0.2) is 31.1 Å². The number of amides is 1. The molecule has 5 nitrogen and oxygen atoms in total. The molecule has 0 atom stereocenters. The van der Waals surface area contributed by atoms with Crippen molar-refractivity contribution in [2.24, 2.45) is 0 Å². The summed E-state index contributed by atoms with van der Waals surface area (Å²) in [6.45, 7) is 4.65. The van der Waals surface area contributed by atoms with Gasteiger partial charge in [-0.15, -0.1) is 0 Å². The van der Waals surface area contributed by atoms with Gasteiger partial charge in [0.05, 0.1) is 13.5 Å². The zero-order chi connectivity index (χ0) is 17.6. The number of methoxy groups -OCH3 is 1. The number of nitrogens with one attached hydrogen (secondary N) is 1. The third-order valence-electron chi connectivity index (χ3n) is 4.52. The van der Waals surface area contributed by atoms with E-state index in [1.807, 2.05) is 37.4 Å². The zero-order valence-electron chi connectivity index (χ0n) is 14.9. The molecule has 2 aromatic rings. The highest BCUT2D eigenvalue weighted by Crippen LogP contribution is 2.21. The number of benzene rings is 1. The summed E-state index contributed by atoms with van der Waals surface area (Å²) < 4.78 is 5.34. The molecule has 0 saturated carbocycles. The van der Waals surface area contributed by atoms with E-state index in [-0.39, 0.29) is 5.91 Å². The van der Waals surface area contributed by atoms with E-state index in [0.29, 0.717) is 13.0 Å². The Kier molecular flexibility index (Phi) is 5.53. The van der Waals surface area contributed by atoms with Crippen molar-refractivity contribution in [3.8, 4) is 5.75 Å². The van der Waals surface area contributed by atoms with E-state index in [2.05, 4.69) is 21.3 Å². The van der Waals surface area contributed by atoms with Crippen LogP contribution in [0.5, 0.6) is 5.75 Å². The van der Waals surface area contributed by atoms with Gasteiger partial charge in [0, 0.05) is 31.4 Å². The molecule has 1 amide bonds. The topological polar surface area (TPSA) is 54.5 Å². The maximum atomic E-state index is 12.3. The van der Waals surface area contributed by atoms with Crippen molar-refractivity contribution in [1.29, 1.82) is 0 Å². The quantitative estimate of drug-likeness (QED) is 0.879. The Morgan fingerprint density at radius 3 is 2.80 bits per heavy atom. The van der Waals surface area contributed by atoms with Gasteiger partial charge in [-0.25, -0.2) is 4.98 Å². The van der Waals surface area contributed by atoms with E-state index in [1.54, 1.807) is 7.11 Å². The lowest BCUT2D eigenvalue weighted by atomic mass is 10.1. The lowest BCUT2D eigenvalue weighted by Gasteiger charge is -2.17. The number of aromatic nitrogens is 1. The molecule has 0 radical (unpaired) electrons. The van der Waals surface area contributed by atoms with Crippen molar-refractivity contribution < 1.29 is 9.53 Å². The number of carbonyl (C=O) groups excluding carboxylic acids is 1. The minimum atomic E-state index is -0.0107. The van der Waals surface area contributed by atoms with Gasteiger partial charge >= 0.3 is 0 Å². The van der Waals surface area contributed by atoms with Gasteiger partial charge in [-0.3, -0.25) is 4.79 Å². The maximum Gasteiger partial charge on any atom is 0.224 e. The van der Waals surface area contributed by atoms with Crippen molar-refractivity contribution in [2.45, 2.75) is 32.7 Å². The van der Waals surface area contributed by atoms with Crippen LogP contribution < -0.4 is 15.0 Å². The fraction of sp³-hybridized carbons (Fsp3) is 0.400. The monoisotopic (exact) mass is 339 g/mol. The molecular weight excluding hydrogens is 314 g/mol. The molecule has 1 fully saturated rings. The molecule has 2 heterocycles. The first-order valence-electron chi connectivity index (χ1n) is 8.76. The molecule has 0 spiro atoms. The van der Waals surface area contributed by atoms with Crippen LogP contribution in [-0.2, 0) is 17.8 Å². The lowest BCUT2D eigenvalue weighted by Crippen LogP contribution is -2.25. The molecule has 0 bridgehead atoms. The van der Waals surface area contributed by atoms with E-state index in [1.165, 1.54) is 12.8 Å². The van der Waals surface area contributed by atoms with Gasteiger partial charge < -0.3 is 15.0 Å². The second-order valence-electron chi connectivity index (χ2n) is 6.49. The highest BCUT2D eigenvalue weighted by Gasteiger charge is 2.14. The molecule has 1 N–H and O–H groups in total. The molecule has 5 heteroatoms. The van der Waals surface area contributed by atoms with Crippen LogP contribution in [0.15, 0.2) is 36.5 Å². The van der Waals surface area contributed by atoms with Crippen LogP contribution in [0.25, 0.3) is 0 Å². The summed E-state index contributed by atoms with van der Waals surface area (Å²) in [5.41, 5.74) is 3.10. The van der Waals surface area contributed by atoms with E-state index in [4.69, 9.17) is 4.74 Å². The van der Waals surface area contributed by atoms with Crippen molar-refractivity contribution in [3.63, 3.8) is 0 Å². The second-order valence-corrected chi connectivity index (χ2v) is 6.49. The second kappa shape index (κ2) is 8.01. The molecule has 1 aromatic carbocycles. The van der Waals surface area contributed by atoms with Crippen molar-refractivity contribution >= 4 is 11.7 Å². The van der Waals surface area contributed by atoms with Crippen LogP contribution >= 0.6 is 0 Å². The number of nitrogens with zero attached hydrogens (tertiary/aromatic N) is 2. The molecule has 0 unspecified atom stereocenters. The fourth-order valence-electron chi connectivity index (χ4n) is 3.17. The molecule has 1 aliphatic heterocycles. The fourth-order valence-corrected chi connectivity index (χ4v) is 3.17. The molecule has 1 aromatic heterocycles. The molecule has 1 saturated heterocycles. The number of rotatable bonds is 6. The Morgan fingerprint density at radius 2 is 2.04 bits per heavy atom. The van der Waals surface area contributed by atoms with Crippen LogP contribution in [0.1, 0.15) is 29.5 Å². The normalized spacial score (nSPS) is 13.8. The third kappa shape index (κ3) is 4.50. The summed E-state index contributed by atoms with van der Waals surface area (Å²) >= 11 is 0. The van der Waals surface area contributed by atoms with E-state index in [0.717, 1.165) is 41.3 Å². The predicted octanol–water partition coefficient (Wildman–Crippen LogP) is 2.86. The molecule has 25 heavy (non-hydrogen) atoms. The summed E-state index contributed by atoms with van der Waals surface area (Å²) in [7, 11) is 1.63. The standard InChI is InChI=1S/C20H25N3O2/c1-15-5-6-18(25-2)17(11-15)13-20(24)22-14-16-7-8-21-19(12-16)23-9-3-4-10-23/h5-8,11-12H,3-4,9-10,13-14H2,1-2H3,(H,22,24).